The third-order valence-corrected chi connectivity index (χ3v) is 3.63. The SMILES string of the molecule is O=C(CCC(=O)c1ccccc1)OCn1nnc2ccccc2c1=O. The van der Waals surface area contributed by atoms with Crippen LogP contribution >= 0.6 is 0 Å². The van der Waals surface area contributed by atoms with Crippen LogP contribution in [0.15, 0.2) is 59.4 Å². The van der Waals surface area contributed by atoms with Gasteiger partial charge in [0.1, 0.15) is 5.52 Å². The van der Waals surface area contributed by atoms with Gasteiger partial charge in [-0.25, -0.2) is 0 Å². The smallest absolute Gasteiger partial charge is 0.308 e. The number of carbonyl (C=O) groups is 2. The summed E-state index contributed by atoms with van der Waals surface area (Å²) in [6, 6.07) is 15.5. The van der Waals surface area contributed by atoms with E-state index in [2.05, 4.69) is 10.3 Å². The molecule has 25 heavy (non-hydrogen) atoms. The van der Waals surface area contributed by atoms with Crippen LogP contribution in [0.4, 0.5) is 0 Å². The van der Waals surface area contributed by atoms with Gasteiger partial charge >= 0.3 is 5.97 Å². The predicted molar refractivity (Wildman–Crippen MR) is 89.9 cm³/mol. The number of fused-ring (bicyclic) bond motifs is 1. The summed E-state index contributed by atoms with van der Waals surface area (Å²) in [5, 5.41) is 8.03. The third kappa shape index (κ3) is 3.95. The summed E-state index contributed by atoms with van der Waals surface area (Å²) >= 11 is 0. The average Bonchev–Trinajstić information content (AvgIpc) is 2.66. The molecule has 0 amide bonds. The van der Waals surface area contributed by atoms with Crippen molar-refractivity contribution in [1.82, 2.24) is 15.0 Å². The largest absolute Gasteiger partial charge is 0.442 e. The molecule has 3 aromatic rings. The lowest BCUT2D eigenvalue weighted by Crippen LogP contribution is -2.26. The van der Waals surface area contributed by atoms with Crippen LogP contribution in [0.3, 0.4) is 0 Å². The number of Topliss-reactive ketones (excluding diaryl/α,β-unsaturated/α-hetero) is 1. The van der Waals surface area contributed by atoms with Gasteiger partial charge in [-0.15, -0.1) is 5.10 Å². The number of benzene rings is 2. The molecule has 0 aliphatic carbocycles. The van der Waals surface area contributed by atoms with Crippen LogP contribution in [0.25, 0.3) is 10.9 Å². The summed E-state index contributed by atoms with van der Waals surface area (Å²) in [6.45, 7) is -0.338. The van der Waals surface area contributed by atoms with Gasteiger partial charge in [0.15, 0.2) is 12.5 Å². The molecule has 0 fully saturated rings. The van der Waals surface area contributed by atoms with E-state index in [1.165, 1.54) is 0 Å². The molecule has 0 N–H and O–H groups in total. The molecule has 0 aliphatic rings. The van der Waals surface area contributed by atoms with Crippen LogP contribution in [-0.2, 0) is 16.3 Å². The molecule has 1 heterocycles. The zero-order valence-corrected chi connectivity index (χ0v) is 13.3. The molecule has 126 valence electrons. The Morgan fingerprint density at radius 2 is 1.68 bits per heavy atom. The fourth-order valence-electron chi connectivity index (χ4n) is 2.30. The molecule has 0 saturated carbocycles. The molecule has 0 radical (unpaired) electrons. The van der Waals surface area contributed by atoms with Crippen LogP contribution < -0.4 is 5.56 Å². The summed E-state index contributed by atoms with van der Waals surface area (Å²) < 4.78 is 5.98. The molecular weight excluding hydrogens is 322 g/mol. The van der Waals surface area contributed by atoms with E-state index in [0.717, 1.165) is 4.68 Å². The Morgan fingerprint density at radius 1 is 0.960 bits per heavy atom. The van der Waals surface area contributed by atoms with Crippen LogP contribution in [0, 0.1) is 0 Å². The second kappa shape index (κ2) is 7.48. The Balaban J connectivity index is 1.57. The Kier molecular flexibility index (Phi) is 4.94. The molecule has 0 unspecified atom stereocenters. The number of hydrogen-bond acceptors (Lipinski definition) is 6. The van der Waals surface area contributed by atoms with E-state index < -0.39 is 11.5 Å². The quantitative estimate of drug-likeness (QED) is 0.504. The normalized spacial score (nSPS) is 10.6. The molecule has 7 heteroatoms. The summed E-state index contributed by atoms with van der Waals surface area (Å²) in [5.74, 6) is -0.716. The van der Waals surface area contributed by atoms with Crippen molar-refractivity contribution in [2.45, 2.75) is 19.6 Å². The van der Waals surface area contributed by atoms with E-state index in [1.807, 2.05) is 6.07 Å². The molecule has 2 aromatic carbocycles. The lowest BCUT2D eigenvalue weighted by Gasteiger charge is -2.06. The number of esters is 1. The second-order valence-corrected chi connectivity index (χ2v) is 5.35. The zero-order valence-electron chi connectivity index (χ0n) is 13.3. The maximum Gasteiger partial charge on any atom is 0.308 e. The molecule has 0 saturated heterocycles. The van der Waals surface area contributed by atoms with Crippen molar-refractivity contribution in [3.63, 3.8) is 0 Å². The Labute approximate surface area is 142 Å². The number of aromatic nitrogens is 3. The summed E-state index contributed by atoms with van der Waals surface area (Å²) in [7, 11) is 0. The molecule has 7 nitrogen and oxygen atoms in total. The second-order valence-electron chi connectivity index (χ2n) is 5.35. The highest BCUT2D eigenvalue weighted by Crippen LogP contribution is 2.06. The molecule has 1 aromatic heterocycles. The molecule has 0 aliphatic heterocycles. The molecule has 0 bridgehead atoms. The standard InChI is InChI=1S/C18H15N3O4/c22-16(13-6-2-1-3-7-13)10-11-17(23)25-12-21-18(24)14-8-4-5-9-15(14)19-20-21/h1-9H,10-12H2. The van der Waals surface area contributed by atoms with Crippen molar-refractivity contribution in [2.24, 2.45) is 0 Å². The molecular formula is C18H15N3O4. The maximum atomic E-state index is 12.2. The monoisotopic (exact) mass is 337 g/mol. The van der Waals surface area contributed by atoms with E-state index in [0.29, 0.717) is 16.5 Å². The lowest BCUT2D eigenvalue weighted by atomic mass is 10.1. The maximum absolute atomic E-state index is 12.2. The van der Waals surface area contributed by atoms with Gasteiger partial charge in [-0.1, -0.05) is 47.7 Å². The van der Waals surface area contributed by atoms with Crippen molar-refractivity contribution >= 4 is 22.7 Å². The van der Waals surface area contributed by atoms with Gasteiger partial charge in [0.25, 0.3) is 5.56 Å². The Morgan fingerprint density at radius 3 is 2.48 bits per heavy atom. The topological polar surface area (TPSA) is 91.2 Å². The highest BCUT2D eigenvalue weighted by molar-refractivity contribution is 5.97. The van der Waals surface area contributed by atoms with Gasteiger partial charge in [0, 0.05) is 12.0 Å². The van der Waals surface area contributed by atoms with Gasteiger partial charge in [0.2, 0.25) is 0 Å². The van der Waals surface area contributed by atoms with Gasteiger partial charge in [0.05, 0.1) is 11.8 Å². The number of hydrogen-bond donors (Lipinski definition) is 0. The number of ether oxygens (including phenoxy) is 1. The van der Waals surface area contributed by atoms with E-state index >= 15 is 0 Å². The number of rotatable bonds is 6. The van der Waals surface area contributed by atoms with Crippen molar-refractivity contribution < 1.29 is 14.3 Å². The van der Waals surface area contributed by atoms with Crippen LogP contribution in [0.1, 0.15) is 23.2 Å². The number of ketones is 1. The van der Waals surface area contributed by atoms with E-state index in [1.54, 1.807) is 48.5 Å². The molecule has 0 spiro atoms. The summed E-state index contributed by atoms with van der Waals surface area (Å²) in [5.41, 5.74) is 0.634. The first-order valence-corrected chi connectivity index (χ1v) is 7.71. The van der Waals surface area contributed by atoms with Gasteiger partial charge in [-0.3, -0.25) is 14.4 Å². The molecule has 3 rings (SSSR count). The van der Waals surface area contributed by atoms with E-state index in [4.69, 9.17) is 4.74 Å². The first-order chi connectivity index (χ1) is 12.1. The summed E-state index contributed by atoms with van der Waals surface area (Å²) in [4.78, 5) is 35.9. The van der Waals surface area contributed by atoms with Crippen molar-refractivity contribution in [3.05, 3.63) is 70.5 Å². The minimum absolute atomic E-state index is 0.0428. The van der Waals surface area contributed by atoms with Crippen molar-refractivity contribution in [1.29, 1.82) is 0 Å². The van der Waals surface area contributed by atoms with Gasteiger partial charge in [-0.05, 0) is 12.1 Å². The van der Waals surface area contributed by atoms with Crippen LogP contribution in [-0.4, -0.2) is 26.7 Å². The zero-order chi connectivity index (χ0) is 17.6. The minimum atomic E-state index is -0.578. The highest BCUT2D eigenvalue weighted by Gasteiger charge is 2.11. The van der Waals surface area contributed by atoms with Gasteiger partial charge < -0.3 is 4.74 Å². The predicted octanol–water partition coefficient (Wildman–Crippen LogP) is 1.96. The fourth-order valence-corrected chi connectivity index (χ4v) is 2.30. The fraction of sp³-hybridized carbons (Fsp3) is 0.167. The Bertz CT molecular complexity index is 967. The van der Waals surface area contributed by atoms with Crippen LogP contribution in [0.5, 0.6) is 0 Å². The number of carbonyl (C=O) groups excluding carboxylic acids is 2. The van der Waals surface area contributed by atoms with E-state index in [9.17, 15) is 14.4 Å². The summed E-state index contributed by atoms with van der Waals surface area (Å²) in [6.07, 6.45) is -0.0232. The third-order valence-electron chi connectivity index (χ3n) is 3.63. The first-order valence-electron chi connectivity index (χ1n) is 7.71. The lowest BCUT2D eigenvalue weighted by molar-refractivity contribution is -0.148. The van der Waals surface area contributed by atoms with E-state index in [-0.39, 0.29) is 25.4 Å². The van der Waals surface area contributed by atoms with Gasteiger partial charge in [-0.2, -0.15) is 4.68 Å². The minimum Gasteiger partial charge on any atom is -0.442 e. The van der Waals surface area contributed by atoms with Crippen molar-refractivity contribution in [2.75, 3.05) is 0 Å². The first kappa shape index (κ1) is 16.5. The van der Waals surface area contributed by atoms with Crippen LogP contribution in [0.2, 0.25) is 0 Å². The molecule has 0 atom stereocenters. The number of nitrogens with zero attached hydrogens (tertiary/aromatic N) is 3. The van der Waals surface area contributed by atoms with Crippen molar-refractivity contribution in [3.8, 4) is 0 Å². The Hall–Kier alpha value is -3.35. The highest BCUT2D eigenvalue weighted by atomic mass is 16.5. The average molecular weight is 337 g/mol.